The fourth-order valence-corrected chi connectivity index (χ4v) is 4.54. The molecular formula is C30H37ClF2N4O6. The molecule has 13 heteroatoms. The van der Waals surface area contributed by atoms with Gasteiger partial charge in [0, 0.05) is 37.6 Å². The second-order valence-corrected chi connectivity index (χ2v) is 10.9. The van der Waals surface area contributed by atoms with Crippen LogP contribution >= 0.6 is 11.6 Å². The van der Waals surface area contributed by atoms with E-state index in [0.29, 0.717) is 49.2 Å². The summed E-state index contributed by atoms with van der Waals surface area (Å²) >= 11 is 5.94. The van der Waals surface area contributed by atoms with Gasteiger partial charge >= 0.3 is 5.92 Å². The number of rotatable bonds is 15. The molecule has 0 spiro atoms. The van der Waals surface area contributed by atoms with Crippen LogP contribution in [0.5, 0.6) is 5.75 Å². The molecule has 3 N–H and O–H groups in total. The number of nitrogens with one attached hydrogen (secondary N) is 3. The SMILES string of the molecule is CC(C)[C@H](NC(=O)C(Cc1ccccc1)NC(=O)COc1cccc(Cl)c1)C(=O)C(F)(F)C(=O)NCCN1CCOCC1. The van der Waals surface area contributed by atoms with Crippen molar-refractivity contribution in [1.82, 2.24) is 20.9 Å². The molecule has 1 heterocycles. The van der Waals surface area contributed by atoms with Crippen LogP contribution in [0.1, 0.15) is 19.4 Å². The first kappa shape index (κ1) is 33.9. The third-order valence-electron chi connectivity index (χ3n) is 6.76. The molecule has 2 atom stereocenters. The number of hydrogen-bond acceptors (Lipinski definition) is 7. The van der Waals surface area contributed by atoms with Gasteiger partial charge in [-0.3, -0.25) is 24.1 Å². The molecule has 10 nitrogen and oxygen atoms in total. The van der Waals surface area contributed by atoms with Gasteiger partial charge in [0.1, 0.15) is 11.8 Å². The number of Topliss-reactive ketones (excluding diaryl/α,β-unsaturated/α-hetero) is 1. The number of ether oxygens (including phenoxy) is 2. The van der Waals surface area contributed by atoms with E-state index in [9.17, 15) is 19.2 Å². The Morgan fingerprint density at radius 3 is 2.37 bits per heavy atom. The molecule has 0 saturated carbocycles. The topological polar surface area (TPSA) is 126 Å². The lowest BCUT2D eigenvalue weighted by Gasteiger charge is -2.28. The summed E-state index contributed by atoms with van der Waals surface area (Å²) in [6, 6.07) is 12.2. The van der Waals surface area contributed by atoms with Crippen molar-refractivity contribution in [2.75, 3.05) is 46.0 Å². The largest absolute Gasteiger partial charge is 0.484 e. The van der Waals surface area contributed by atoms with E-state index in [0.717, 1.165) is 0 Å². The van der Waals surface area contributed by atoms with E-state index in [1.807, 2.05) is 4.90 Å². The maximum atomic E-state index is 15.0. The second kappa shape index (κ2) is 16.3. The zero-order valence-corrected chi connectivity index (χ0v) is 24.9. The molecule has 43 heavy (non-hydrogen) atoms. The minimum Gasteiger partial charge on any atom is -0.484 e. The lowest BCUT2D eigenvalue weighted by Crippen LogP contribution is -2.59. The predicted octanol–water partition coefficient (Wildman–Crippen LogP) is 2.24. The summed E-state index contributed by atoms with van der Waals surface area (Å²) in [6.45, 7) is 4.98. The highest BCUT2D eigenvalue weighted by molar-refractivity contribution is 6.30. The van der Waals surface area contributed by atoms with E-state index >= 15 is 8.78 Å². The fourth-order valence-electron chi connectivity index (χ4n) is 4.36. The standard InChI is InChI=1S/C30H37ClF2N4O6/c1-20(2)26(27(39)30(32,33)29(41)34-11-12-37-13-15-42-16-14-37)36-28(40)24(17-21-7-4-3-5-8-21)35-25(38)19-43-23-10-6-9-22(31)18-23/h3-10,18,20,24,26H,11-17,19H2,1-2H3,(H,34,41)(H,35,38)(H,36,40)/t24?,26-/m0/s1. The number of carbonyl (C=O) groups is 4. The van der Waals surface area contributed by atoms with Crippen molar-refractivity contribution >= 4 is 35.1 Å². The van der Waals surface area contributed by atoms with Crippen LogP contribution in [0.3, 0.4) is 0 Å². The van der Waals surface area contributed by atoms with Crippen LogP contribution in [-0.4, -0.2) is 92.4 Å². The average Bonchev–Trinajstić information content (AvgIpc) is 2.99. The van der Waals surface area contributed by atoms with Gasteiger partial charge in [-0.15, -0.1) is 0 Å². The van der Waals surface area contributed by atoms with Gasteiger partial charge in [0.15, 0.2) is 6.61 Å². The minimum absolute atomic E-state index is 0.00695. The van der Waals surface area contributed by atoms with E-state index in [1.54, 1.807) is 48.5 Å². The van der Waals surface area contributed by atoms with Gasteiger partial charge in [-0.1, -0.05) is 61.8 Å². The minimum atomic E-state index is -4.39. The molecule has 3 rings (SSSR count). The Morgan fingerprint density at radius 2 is 1.72 bits per heavy atom. The highest BCUT2D eigenvalue weighted by Crippen LogP contribution is 2.21. The summed E-state index contributed by atoms with van der Waals surface area (Å²) in [7, 11) is 0. The monoisotopic (exact) mass is 622 g/mol. The molecule has 0 aromatic heterocycles. The highest BCUT2D eigenvalue weighted by Gasteiger charge is 2.51. The molecule has 1 aliphatic rings. The summed E-state index contributed by atoms with van der Waals surface area (Å²) in [5.74, 6) is -9.85. The summed E-state index contributed by atoms with van der Waals surface area (Å²) in [4.78, 5) is 53.4. The number of nitrogens with zero attached hydrogens (tertiary/aromatic N) is 1. The number of benzene rings is 2. The average molecular weight is 623 g/mol. The number of morpholine rings is 1. The summed E-state index contributed by atoms with van der Waals surface area (Å²) in [6.07, 6.45) is 0.00695. The Bertz CT molecular complexity index is 1240. The normalized spacial score (nSPS) is 15.3. The number of hydrogen-bond donors (Lipinski definition) is 3. The third-order valence-corrected chi connectivity index (χ3v) is 6.99. The molecule has 1 saturated heterocycles. The fraction of sp³-hybridized carbons (Fsp3) is 0.467. The van der Waals surface area contributed by atoms with Gasteiger partial charge in [0.25, 0.3) is 11.8 Å². The Morgan fingerprint density at radius 1 is 1.02 bits per heavy atom. The first-order valence-corrected chi connectivity index (χ1v) is 14.4. The first-order valence-electron chi connectivity index (χ1n) is 14.0. The zero-order valence-electron chi connectivity index (χ0n) is 24.1. The third kappa shape index (κ3) is 10.6. The van der Waals surface area contributed by atoms with Crippen molar-refractivity contribution in [3.8, 4) is 5.75 Å². The van der Waals surface area contributed by atoms with Crippen molar-refractivity contribution in [2.24, 2.45) is 5.92 Å². The van der Waals surface area contributed by atoms with E-state index in [2.05, 4.69) is 16.0 Å². The van der Waals surface area contributed by atoms with Gasteiger partial charge in [-0.25, -0.2) is 0 Å². The van der Waals surface area contributed by atoms with Crippen LogP contribution in [0.4, 0.5) is 8.78 Å². The van der Waals surface area contributed by atoms with E-state index in [4.69, 9.17) is 21.1 Å². The maximum absolute atomic E-state index is 15.0. The molecule has 1 aliphatic heterocycles. The Hall–Kier alpha value is -3.61. The number of ketones is 1. The Kier molecular flexibility index (Phi) is 12.8. The Balaban J connectivity index is 1.66. The number of carbonyl (C=O) groups excluding carboxylic acids is 4. The molecule has 0 aliphatic carbocycles. The van der Waals surface area contributed by atoms with Crippen molar-refractivity contribution in [1.29, 1.82) is 0 Å². The van der Waals surface area contributed by atoms with Crippen LogP contribution in [0.25, 0.3) is 0 Å². The smallest absolute Gasteiger partial charge is 0.383 e. The van der Waals surface area contributed by atoms with Crippen LogP contribution in [-0.2, 0) is 30.3 Å². The summed E-state index contributed by atoms with van der Waals surface area (Å²) < 4.78 is 40.8. The molecule has 1 fully saturated rings. The van der Waals surface area contributed by atoms with Crippen LogP contribution in [0.2, 0.25) is 5.02 Å². The number of alkyl halides is 2. The van der Waals surface area contributed by atoms with Gasteiger partial charge < -0.3 is 25.4 Å². The van der Waals surface area contributed by atoms with Crippen LogP contribution in [0, 0.1) is 5.92 Å². The van der Waals surface area contributed by atoms with Crippen molar-refractivity contribution in [3.05, 3.63) is 65.2 Å². The first-order chi connectivity index (χ1) is 20.5. The second-order valence-electron chi connectivity index (χ2n) is 10.4. The molecular weight excluding hydrogens is 586 g/mol. The molecule has 3 amide bonds. The van der Waals surface area contributed by atoms with Gasteiger partial charge in [0.2, 0.25) is 11.7 Å². The summed E-state index contributed by atoms with van der Waals surface area (Å²) in [5, 5.41) is 7.44. The molecule has 0 radical (unpaired) electrons. The maximum Gasteiger partial charge on any atom is 0.383 e. The van der Waals surface area contributed by atoms with Crippen molar-refractivity contribution < 1.29 is 37.4 Å². The predicted molar refractivity (Wildman–Crippen MR) is 156 cm³/mol. The lowest BCUT2D eigenvalue weighted by atomic mass is 9.94. The van der Waals surface area contributed by atoms with E-state index in [1.165, 1.54) is 19.9 Å². The van der Waals surface area contributed by atoms with Gasteiger partial charge in [-0.05, 0) is 29.7 Å². The van der Waals surface area contributed by atoms with Crippen molar-refractivity contribution in [2.45, 2.75) is 38.3 Å². The highest BCUT2D eigenvalue weighted by atomic mass is 35.5. The number of amides is 3. The van der Waals surface area contributed by atoms with E-state index < -0.39 is 54.0 Å². The van der Waals surface area contributed by atoms with Gasteiger partial charge in [-0.2, -0.15) is 8.78 Å². The molecule has 2 aromatic carbocycles. The lowest BCUT2D eigenvalue weighted by molar-refractivity contribution is -0.161. The molecule has 1 unspecified atom stereocenters. The number of halogens is 3. The van der Waals surface area contributed by atoms with E-state index in [-0.39, 0.29) is 13.0 Å². The Labute approximate surface area is 254 Å². The van der Waals surface area contributed by atoms with Gasteiger partial charge in [0.05, 0.1) is 19.3 Å². The molecule has 0 bridgehead atoms. The van der Waals surface area contributed by atoms with Crippen LogP contribution < -0.4 is 20.7 Å². The van der Waals surface area contributed by atoms with Crippen LogP contribution in [0.15, 0.2) is 54.6 Å². The zero-order chi connectivity index (χ0) is 31.4. The molecule has 234 valence electrons. The quantitative estimate of drug-likeness (QED) is 0.260. The summed E-state index contributed by atoms with van der Waals surface area (Å²) in [5.41, 5.74) is 0.677. The molecule has 2 aromatic rings. The van der Waals surface area contributed by atoms with Crippen molar-refractivity contribution in [3.63, 3.8) is 0 Å².